The van der Waals surface area contributed by atoms with E-state index in [-0.39, 0.29) is 5.78 Å². The van der Waals surface area contributed by atoms with Crippen molar-refractivity contribution in [2.24, 2.45) is 0 Å². The lowest BCUT2D eigenvalue weighted by atomic mass is 10.1. The zero-order valence-electron chi connectivity index (χ0n) is 14.4. The molecule has 0 radical (unpaired) electrons. The predicted octanol–water partition coefficient (Wildman–Crippen LogP) is 4.58. The van der Waals surface area contributed by atoms with E-state index < -0.39 is 0 Å². The number of benzene rings is 2. The maximum atomic E-state index is 12.8. The van der Waals surface area contributed by atoms with E-state index in [2.05, 4.69) is 21.7 Å². The second kappa shape index (κ2) is 7.14. The number of fused-ring (bicyclic) bond motifs is 1. The number of rotatable bonds is 6. The van der Waals surface area contributed by atoms with Crippen molar-refractivity contribution in [2.75, 3.05) is 7.11 Å². The monoisotopic (exact) mass is 362 g/mol. The van der Waals surface area contributed by atoms with Gasteiger partial charge in [0, 0.05) is 40.8 Å². The Morgan fingerprint density at radius 3 is 2.88 bits per heavy atom. The topological polar surface area (TPSA) is 44.1 Å². The summed E-state index contributed by atoms with van der Waals surface area (Å²) >= 11 is 1.51. The molecule has 0 spiro atoms. The Bertz CT molecular complexity index is 1050. The molecule has 2 heterocycles. The van der Waals surface area contributed by atoms with Crippen LogP contribution in [-0.2, 0) is 13.0 Å². The van der Waals surface area contributed by atoms with Gasteiger partial charge < -0.3 is 9.30 Å². The second-order valence-electron chi connectivity index (χ2n) is 6.07. The molecule has 0 saturated heterocycles. The molecule has 0 atom stereocenters. The Balaban J connectivity index is 1.70. The highest BCUT2D eigenvalue weighted by Gasteiger charge is 2.16. The molecule has 0 aliphatic heterocycles. The van der Waals surface area contributed by atoms with Gasteiger partial charge in [-0.15, -0.1) is 11.3 Å². The highest BCUT2D eigenvalue weighted by atomic mass is 32.1. The third-order valence-corrected chi connectivity index (χ3v) is 5.15. The lowest BCUT2D eigenvalue weighted by Gasteiger charge is -2.07. The van der Waals surface area contributed by atoms with E-state index in [1.54, 1.807) is 13.3 Å². The first kappa shape index (κ1) is 16.5. The van der Waals surface area contributed by atoms with Crippen molar-refractivity contribution in [2.45, 2.75) is 13.0 Å². The molecule has 4 nitrogen and oxygen atoms in total. The van der Waals surface area contributed by atoms with Crippen LogP contribution < -0.4 is 4.74 Å². The summed E-state index contributed by atoms with van der Waals surface area (Å²) in [6.07, 6.45) is 4.03. The molecule has 130 valence electrons. The summed E-state index contributed by atoms with van der Waals surface area (Å²) in [7, 11) is 1.67. The molecule has 4 aromatic rings. The Kier molecular flexibility index (Phi) is 4.54. The van der Waals surface area contributed by atoms with Crippen LogP contribution in [0.15, 0.2) is 66.3 Å². The minimum Gasteiger partial charge on any atom is -0.497 e. The Morgan fingerprint density at radius 2 is 2.08 bits per heavy atom. The van der Waals surface area contributed by atoms with Gasteiger partial charge in [-0.1, -0.05) is 30.3 Å². The Morgan fingerprint density at radius 1 is 1.19 bits per heavy atom. The van der Waals surface area contributed by atoms with Gasteiger partial charge >= 0.3 is 0 Å². The van der Waals surface area contributed by atoms with Gasteiger partial charge in [0.2, 0.25) is 0 Å². The van der Waals surface area contributed by atoms with E-state index in [1.807, 2.05) is 48.0 Å². The van der Waals surface area contributed by atoms with Gasteiger partial charge in [-0.05, 0) is 23.8 Å². The Hall–Kier alpha value is -2.92. The van der Waals surface area contributed by atoms with Crippen LogP contribution in [0.5, 0.6) is 5.75 Å². The van der Waals surface area contributed by atoms with Crippen LogP contribution in [0.2, 0.25) is 0 Å². The Labute approximate surface area is 155 Å². The number of carbonyl (C=O) groups excluding carboxylic acids is 1. The summed E-state index contributed by atoms with van der Waals surface area (Å²) < 4.78 is 7.44. The van der Waals surface area contributed by atoms with Crippen molar-refractivity contribution < 1.29 is 9.53 Å². The molecule has 26 heavy (non-hydrogen) atoms. The molecule has 0 amide bonds. The first-order chi connectivity index (χ1) is 12.7. The third kappa shape index (κ3) is 3.26. The fourth-order valence-corrected chi connectivity index (χ4v) is 3.76. The molecule has 0 aliphatic carbocycles. The SMILES string of the molecule is COc1cccc(Cn2cc(C(=O)Cc3nccs3)c3ccccc32)c1. The van der Waals surface area contributed by atoms with E-state index in [0.29, 0.717) is 13.0 Å². The number of nitrogens with zero attached hydrogens (tertiary/aromatic N) is 2. The number of thiazole rings is 1. The van der Waals surface area contributed by atoms with E-state index in [0.717, 1.165) is 32.8 Å². The van der Waals surface area contributed by atoms with E-state index in [4.69, 9.17) is 4.74 Å². The normalized spacial score (nSPS) is 11.0. The quantitative estimate of drug-likeness (QED) is 0.472. The number of hydrogen-bond acceptors (Lipinski definition) is 4. The largest absolute Gasteiger partial charge is 0.497 e. The fourth-order valence-electron chi connectivity index (χ4n) is 3.14. The second-order valence-corrected chi connectivity index (χ2v) is 7.04. The number of ketones is 1. The summed E-state index contributed by atoms with van der Waals surface area (Å²) in [4.78, 5) is 17.1. The molecule has 0 fully saturated rings. The fraction of sp³-hybridized carbons (Fsp3) is 0.143. The number of methoxy groups -OCH3 is 1. The van der Waals surface area contributed by atoms with Crippen LogP contribution in [0.3, 0.4) is 0 Å². The highest BCUT2D eigenvalue weighted by Crippen LogP contribution is 2.25. The molecule has 0 saturated carbocycles. The summed E-state index contributed by atoms with van der Waals surface area (Å²) in [6, 6.07) is 16.0. The van der Waals surface area contributed by atoms with Gasteiger partial charge in [0.15, 0.2) is 5.78 Å². The van der Waals surface area contributed by atoms with Gasteiger partial charge in [-0.2, -0.15) is 0 Å². The first-order valence-corrected chi connectivity index (χ1v) is 9.25. The van der Waals surface area contributed by atoms with E-state index in [9.17, 15) is 4.79 Å². The smallest absolute Gasteiger partial charge is 0.171 e. The average Bonchev–Trinajstić information content (AvgIpc) is 3.30. The lowest BCUT2D eigenvalue weighted by Crippen LogP contribution is -2.03. The molecular weight excluding hydrogens is 344 g/mol. The van der Waals surface area contributed by atoms with Crippen molar-refractivity contribution in [1.82, 2.24) is 9.55 Å². The van der Waals surface area contributed by atoms with Crippen molar-refractivity contribution in [1.29, 1.82) is 0 Å². The molecule has 0 aliphatic rings. The third-order valence-electron chi connectivity index (χ3n) is 4.37. The minimum absolute atomic E-state index is 0.0977. The van der Waals surface area contributed by atoms with Crippen molar-refractivity contribution in [3.05, 3.63) is 82.4 Å². The molecular formula is C21H18N2O2S. The molecule has 0 bridgehead atoms. The summed E-state index contributed by atoms with van der Waals surface area (Å²) in [6.45, 7) is 0.683. The number of ether oxygens (including phenoxy) is 1. The minimum atomic E-state index is 0.0977. The average molecular weight is 362 g/mol. The van der Waals surface area contributed by atoms with Crippen molar-refractivity contribution in [3.63, 3.8) is 0 Å². The molecule has 4 rings (SSSR count). The van der Waals surface area contributed by atoms with Crippen LogP contribution in [0, 0.1) is 0 Å². The van der Waals surface area contributed by atoms with Crippen LogP contribution in [0.4, 0.5) is 0 Å². The summed E-state index contributed by atoms with van der Waals surface area (Å²) in [5.41, 5.74) is 2.93. The maximum Gasteiger partial charge on any atom is 0.171 e. The van der Waals surface area contributed by atoms with Gasteiger partial charge in [0.25, 0.3) is 0 Å². The molecule has 5 heteroatoms. The number of para-hydroxylation sites is 1. The molecule has 0 N–H and O–H groups in total. The van der Waals surface area contributed by atoms with E-state index >= 15 is 0 Å². The number of Topliss-reactive ketones (excluding diaryl/α,β-unsaturated/α-hetero) is 1. The van der Waals surface area contributed by atoms with Gasteiger partial charge in [-0.3, -0.25) is 4.79 Å². The summed E-state index contributed by atoms with van der Waals surface area (Å²) in [5, 5.41) is 3.73. The van der Waals surface area contributed by atoms with E-state index in [1.165, 1.54) is 11.3 Å². The standard InChI is InChI=1S/C21H18N2O2S/c1-25-16-6-4-5-15(11-16)13-23-14-18(17-7-2-3-8-19(17)23)20(24)12-21-22-9-10-26-21/h2-11,14H,12-13H2,1H3. The number of hydrogen-bond donors (Lipinski definition) is 0. The van der Waals surface area contributed by atoms with Crippen LogP contribution in [0.25, 0.3) is 10.9 Å². The van der Waals surface area contributed by atoms with Crippen LogP contribution >= 0.6 is 11.3 Å². The zero-order valence-corrected chi connectivity index (χ0v) is 15.2. The maximum absolute atomic E-state index is 12.8. The highest BCUT2D eigenvalue weighted by molar-refractivity contribution is 7.09. The van der Waals surface area contributed by atoms with Gasteiger partial charge in [0.1, 0.15) is 10.8 Å². The zero-order chi connectivity index (χ0) is 17.9. The molecule has 2 aromatic heterocycles. The lowest BCUT2D eigenvalue weighted by molar-refractivity contribution is 0.0994. The predicted molar refractivity (Wildman–Crippen MR) is 104 cm³/mol. The van der Waals surface area contributed by atoms with Crippen molar-refractivity contribution in [3.8, 4) is 5.75 Å². The van der Waals surface area contributed by atoms with Crippen molar-refractivity contribution >= 4 is 28.0 Å². The van der Waals surface area contributed by atoms with Crippen LogP contribution in [-0.4, -0.2) is 22.4 Å². The van der Waals surface area contributed by atoms with Crippen LogP contribution in [0.1, 0.15) is 20.9 Å². The summed E-state index contributed by atoms with van der Waals surface area (Å²) in [5.74, 6) is 0.930. The number of aromatic nitrogens is 2. The number of carbonyl (C=O) groups is 1. The van der Waals surface area contributed by atoms with Gasteiger partial charge in [0.05, 0.1) is 13.5 Å². The molecule has 2 aromatic carbocycles. The first-order valence-electron chi connectivity index (χ1n) is 8.37. The molecule has 0 unspecified atom stereocenters. The van der Waals surface area contributed by atoms with Gasteiger partial charge in [-0.25, -0.2) is 4.98 Å².